The lowest BCUT2D eigenvalue weighted by atomic mass is 9.80. The molecule has 1 aliphatic rings. The van der Waals surface area contributed by atoms with Crippen LogP contribution in [0.25, 0.3) is 16.6 Å². The molecule has 3 aromatic heterocycles. The Hall–Kier alpha value is -2.44. The summed E-state index contributed by atoms with van der Waals surface area (Å²) in [4.78, 5) is 7.45. The van der Waals surface area contributed by atoms with E-state index in [1.54, 1.807) is 17.1 Å². The molecule has 0 atom stereocenters. The largest absolute Gasteiger partial charge is 0.411 e. The van der Waals surface area contributed by atoms with Gasteiger partial charge in [-0.05, 0) is 37.7 Å². The summed E-state index contributed by atoms with van der Waals surface area (Å²) in [6.07, 6.45) is 9.37. The summed E-state index contributed by atoms with van der Waals surface area (Å²) in [5.41, 5.74) is 2.98. The number of hydrogen-bond donors (Lipinski definition) is 2. The summed E-state index contributed by atoms with van der Waals surface area (Å²) in [7, 11) is 0. The van der Waals surface area contributed by atoms with Gasteiger partial charge >= 0.3 is 0 Å². The normalized spacial score (nSPS) is 23.4. The minimum absolute atomic E-state index is 0.377. The third-order valence-electron chi connectivity index (χ3n) is 4.43. The van der Waals surface area contributed by atoms with Crippen LogP contribution in [0.1, 0.15) is 37.3 Å². The van der Waals surface area contributed by atoms with Crippen LogP contribution in [0.3, 0.4) is 0 Å². The van der Waals surface area contributed by atoms with Crippen LogP contribution < -0.4 is 0 Å². The number of fused-ring (bicyclic) bond motifs is 3. The van der Waals surface area contributed by atoms with Gasteiger partial charge in [-0.3, -0.25) is 0 Å². The SMILES string of the molecule is ON=C[C@H]1CC[C@H](c2nnn3cnc4[nH]ccc4c23)CC1. The van der Waals surface area contributed by atoms with Gasteiger partial charge in [0.2, 0.25) is 0 Å². The van der Waals surface area contributed by atoms with Crippen molar-refractivity contribution in [2.45, 2.75) is 31.6 Å². The molecule has 0 amide bonds. The highest BCUT2D eigenvalue weighted by Crippen LogP contribution is 2.37. The van der Waals surface area contributed by atoms with E-state index in [0.29, 0.717) is 11.8 Å². The van der Waals surface area contributed by atoms with E-state index in [1.165, 1.54) is 0 Å². The highest BCUT2D eigenvalue weighted by Gasteiger charge is 2.26. The molecule has 0 radical (unpaired) electrons. The van der Waals surface area contributed by atoms with E-state index >= 15 is 0 Å². The molecule has 2 N–H and O–H groups in total. The van der Waals surface area contributed by atoms with Gasteiger partial charge in [0.25, 0.3) is 0 Å². The number of nitrogens with one attached hydrogen (secondary N) is 1. The van der Waals surface area contributed by atoms with E-state index in [2.05, 4.69) is 25.4 Å². The highest BCUT2D eigenvalue weighted by atomic mass is 16.4. The maximum atomic E-state index is 8.64. The van der Waals surface area contributed by atoms with E-state index < -0.39 is 0 Å². The molecule has 3 heterocycles. The van der Waals surface area contributed by atoms with Crippen LogP contribution in [-0.4, -0.2) is 36.2 Å². The van der Waals surface area contributed by atoms with Crippen molar-refractivity contribution in [2.24, 2.45) is 11.1 Å². The molecule has 108 valence electrons. The lowest BCUT2D eigenvalue weighted by Crippen LogP contribution is -2.14. The second-order valence-electron chi connectivity index (χ2n) is 5.63. The molecular weight excluding hydrogens is 268 g/mol. The third kappa shape index (κ3) is 1.96. The molecule has 1 fully saturated rings. The van der Waals surface area contributed by atoms with E-state index in [4.69, 9.17) is 5.21 Å². The number of nitrogens with zero attached hydrogens (tertiary/aromatic N) is 5. The van der Waals surface area contributed by atoms with Crippen molar-refractivity contribution in [1.82, 2.24) is 24.8 Å². The van der Waals surface area contributed by atoms with Gasteiger partial charge in [-0.1, -0.05) is 5.21 Å². The summed E-state index contributed by atoms with van der Waals surface area (Å²) in [5.74, 6) is 0.786. The Balaban J connectivity index is 1.72. The van der Waals surface area contributed by atoms with E-state index in [1.807, 2.05) is 12.3 Å². The molecule has 0 bridgehead atoms. The minimum Gasteiger partial charge on any atom is -0.411 e. The van der Waals surface area contributed by atoms with Crippen molar-refractivity contribution in [3.63, 3.8) is 0 Å². The second-order valence-corrected chi connectivity index (χ2v) is 5.63. The van der Waals surface area contributed by atoms with Gasteiger partial charge in [0.1, 0.15) is 17.5 Å². The lowest BCUT2D eigenvalue weighted by Gasteiger charge is -2.24. The van der Waals surface area contributed by atoms with Crippen molar-refractivity contribution in [2.75, 3.05) is 0 Å². The van der Waals surface area contributed by atoms with E-state index in [9.17, 15) is 0 Å². The molecule has 0 aliphatic heterocycles. The molecule has 1 aliphatic carbocycles. The molecule has 7 heteroatoms. The third-order valence-corrected chi connectivity index (χ3v) is 4.43. The monoisotopic (exact) mass is 284 g/mol. The summed E-state index contributed by atoms with van der Waals surface area (Å²) in [6, 6.07) is 2.02. The molecule has 4 rings (SSSR count). The van der Waals surface area contributed by atoms with Crippen molar-refractivity contribution >= 4 is 22.8 Å². The van der Waals surface area contributed by atoms with Crippen LogP contribution in [0.2, 0.25) is 0 Å². The Morgan fingerprint density at radius 2 is 2.19 bits per heavy atom. The molecule has 0 aromatic carbocycles. The van der Waals surface area contributed by atoms with Crippen LogP contribution in [0, 0.1) is 5.92 Å². The fourth-order valence-corrected chi connectivity index (χ4v) is 3.33. The molecule has 0 unspecified atom stereocenters. The quantitative estimate of drug-likeness (QED) is 0.429. The smallest absolute Gasteiger partial charge is 0.141 e. The van der Waals surface area contributed by atoms with Gasteiger partial charge in [-0.15, -0.1) is 10.3 Å². The zero-order chi connectivity index (χ0) is 14.2. The van der Waals surface area contributed by atoms with Gasteiger partial charge in [0.15, 0.2) is 0 Å². The van der Waals surface area contributed by atoms with Crippen LogP contribution in [0.4, 0.5) is 0 Å². The first-order valence-electron chi connectivity index (χ1n) is 7.21. The first-order chi connectivity index (χ1) is 10.4. The maximum absolute atomic E-state index is 8.64. The molecule has 7 nitrogen and oxygen atoms in total. The molecule has 0 saturated heterocycles. The molecule has 21 heavy (non-hydrogen) atoms. The number of oxime groups is 1. The zero-order valence-electron chi connectivity index (χ0n) is 11.5. The average Bonchev–Trinajstić information content (AvgIpc) is 3.14. The van der Waals surface area contributed by atoms with Crippen molar-refractivity contribution in [1.29, 1.82) is 0 Å². The first kappa shape index (κ1) is 12.3. The van der Waals surface area contributed by atoms with E-state index in [-0.39, 0.29) is 0 Å². The molecule has 3 aromatic rings. The van der Waals surface area contributed by atoms with Gasteiger partial charge in [-0.25, -0.2) is 9.50 Å². The highest BCUT2D eigenvalue weighted by molar-refractivity contribution is 5.92. The Morgan fingerprint density at radius 3 is 3.00 bits per heavy atom. The van der Waals surface area contributed by atoms with E-state index in [0.717, 1.165) is 47.9 Å². The van der Waals surface area contributed by atoms with Crippen molar-refractivity contribution in [3.05, 3.63) is 24.3 Å². The van der Waals surface area contributed by atoms with Gasteiger partial charge in [0.05, 0.1) is 5.69 Å². The Morgan fingerprint density at radius 1 is 1.33 bits per heavy atom. The van der Waals surface area contributed by atoms with Crippen LogP contribution in [0.15, 0.2) is 23.7 Å². The second kappa shape index (κ2) is 4.83. The van der Waals surface area contributed by atoms with Crippen LogP contribution in [0.5, 0.6) is 0 Å². The molecule has 1 saturated carbocycles. The van der Waals surface area contributed by atoms with Gasteiger partial charge < -0.3 is 10.2 Å². The van der Waals surface area contributed by atoms with Crippen molar-refractivity contribution in [3.8, 4) is 0 Å². The Kier molecular flexibility index (Phi) is 2.83. The summed E-state index contributed by atoms with van der Waals surface area (Å²) in [5, 5.41) is 21.5. The standard InChI is InChI=1S/C14H16N6O/c21-17-7-9-1-3-10(4-2-9)12-13-11-5-6-15-14(11)16-8-20(13)19-18-12/h5-10,15,21H,1-4H2/t9-,10-. The number of hydrogen-bond acceptors (Lipinski definition) is 5. The fraction of sp³-hybridized carbons (Fsp3) is 0.429. The molecule has 0 spiro atoms. The number of aromatic nitrogens is 5. The summed E-state index contributed by atoms with van der Waals surface area (Å²) in [6.45, 7) is 0. The molecular formula is C14H16N6O. The predicted octanol–water partition coefficient (Wildman–Crippen LogP) is 2.34. The van der Waals surface area contributed by atoms with Crippen LogP contribution >= 0.6 is 0 Å². The fourth-order valence-electron chi connectivity index (χ4n) is 3.33. The number of aromatic amines is 1. The number of rotatable bonds is 2. The Bertz CT molecular complexity index is 796. The topological polar surface area (TPSA) is 91.5 Å². The lowest BCUT2D eigenvalue weighted by molar-refractivity contribution is 0.311. The maximum Gasteiger partial charge on any atom is 0.141 e. The minimum atomic E-state index is 0.377. The first-order valence-corrected chi connectivity index (χ1v) is 7.21. The Labute approximate surface area is 120 Å². The average molecular weight is 284 g/mol. The predicted molar refractivity (Wildman–Crippen MR) is 77.6 cm³/mol. The summed E-state index contributed by atoms with van der Waals surface area (Å²) >= 11 is 0. The number of H-pyrrole nitrogens is 1. The van der Waals surface area contributed by atoms with Gasteiger partial charge in [-0.2, -0.15) is 0 Å². The summed E-state index contributed by atoms with van der Waals surface area (Å²) < 4.78 is 1.76. The zero-order valence-corrected chi connectivity index (χ0v) is 11.5. The van der Waals surface area contributed by atoms with Crippen LogP contribution in [-0.2, 0) is 0 Å². The van der Waals surface area contributed by atoms with Gasteiger partial charge in [0, 0.05) is 23.7 Å². The van der Waals surface area contributed by atoms with Crippen molar-refractivity contribution < 1.29 is 5.21 Å².